The minimum Gasteiger partial charge on any atom is -0.341 e. The number of para-hydroxylation sites is 1. The zero-order chi connectivity index (χ0) is 17.4. The predicted octanol–water partition coefficient (Wildman–Crippen LogP) is 5.64. The number of hydrogen-bond donors (Lipinski definition) is 0. The van der Waals surface area contributed by atoms with Gasteiger partial charge in [-0.1, -0.05) is 24.3 Å². The molecule has 0 aliphatic heterocycles. The van der Waals surface area contributed by atoms with E-state index in [9.17, 15) is 5.26 Å². The fourth-order valence-corrected chi connectivity index (χ4v) is 4.05. The van der Waals surface area contributed by atoms with Crippen molar-refractivity contribution in [2.75, 3.05) is 0 Å². The number of rotatable bonds is 3. The monoisotopic (exact) mass is 343 g/mol. The number of allylic oxidation sites excluding steroid dienone is 1. The maximum atomic E-state index is 9.52. The highest BCUT2D eigenvalue weighted by Crippen LogP contribution is 2.31. The van der Waals surface area contributed by atoms with Crippen molar-refractivity contribution < 1.29 is 0 Å². The predicted molar refractivity (Wildman–Crippen MR) is 105 cm³/mol. The first-order valence-corrected chi connectivity index (χ1v) is 9.14. The van der Waals surface area contributed by atoms with Crippen molar-refractivity contribution in [1.82, 2.24) is 9.55 Å². The van der Waals surface area contributed by atoms with E-state index in [4.69, 9.17) is 0 Å². The number of aryl methyl sites for hydroxylation is 2. The van der Waals surface area contributed by atoms with E-state index in [1.165, 1.54) is 33.1 Å². The lowest BCUT2D eigenvalue weighted by molar-refractivity contribution is 0.827. The van der Waals surface area contributed by atoms with Gasteiger partial charge in [0, 0.05) is 39.4 Å². The second-order valence-electron chi connectivity index (χ2n) is 6.00. The van der Waals surface area contributed by atoms with Gasteiger partial charge in [-0.15, -0.1) is 11.3 Å². The van der Waals surface area contributed by atoms with Crippen LogP contribution in [0.5, 0.6) is 0 Å². The van der Waals surface area contributed by atoms with E-state index in [-0.39, 0.29) is 0 Å². The Balaban J connectivity index is 1.91. The smallest absolute Gasteiger partial charge is 0.134 e. The molecule has 0 aliphatic rings. The van der Waals surface area contributed by atoms with E-state index in [1.807, 2.05) is 18.4 Å². The summed E-state index contributed by atoms with van der Waals surface area (Å²) in [5.41, 5.74) is 5.05. The number of aromatic nitrogens is 2. The molecule has 2 aromatic heterocycles. The quantitative estimate of drug-likeness (QED) is 0.451. The third kappa shape index (κ3) is 2.63. The molecule has 122 valence electrons. The molecule has 0 aliphatic carbocycles. The zero-order valence-corrected chi connectivity index (χ0v) is 15.0. The Morgan fingerprint density at radius 2 is 2.00 bits per heavy atom. The molecule has 0 saturated heterocycles. The van der Waals surface area contributed by atoms with Crippen LogP contribution in [0.2, 0.25) is 0 Å². The molecule has 4 rings (SSSR count). The SMILES string of the molecule is CCn1c2ccccc2c2cc(/C=C(/C#N)c3nc(C)cs3)ccc21. The molecule has 0 fully saturated rings. The van der Waals surface area contributed by atoms with E-state index >= 15 is 0 Å². The van der Waals surface area contributed by atoms with Crippen LogP contribution in [-0.2, 0) is 6.54 Å². The molecule has 3 nitrogen and oxygen atoms in total. The Morgan fingerprint density at radius 1 is 1.20 bits per heavy atom. The second kappa shape index (κ2) is 6.19. The van der Waals surface area contributed by atoms with Crippen molar-refractivity contribution in [3.05, 3.63) is 64.1 Å². The van der Waals surface area contributed by atoms with Crippen molar-refractivity contribution in [1.29, 1.82) is 5.26 Å². The Hall–Kier alpha value is -2.90. The molecule has 0 N–H and O–H groups in total. The number of thiazole rings is 1. The number of benzene rings is 2. The van der Waals surface area contributed by atoms with Crippen molar-refractivity contribution in [3.63, 3.8) is 0 Å². The normalized spacial score (nSPS) is 12.0. The first-order chi connectivity index (χ1) is 12.2. The highest BCUT2D eigenvalue weighted by Gasteiger charge is 2.10. The molecule has 0 amide bonds. The summed E-state index contributed by atoms with van der Waals surface area (Å²) in [7, 11) is 0. The van der Waals surface area contributed by atoms with Crippen molar-refractivity contribution in [2.24, 2.45) is 0 Å². The van der Waals surface area contributed by atoms with Crippen LogP contribution in [0, 0.1) is 18.3 Å². The van der Waals surface area contributed by atoms with Gasteiger partial charge in [-0.3, -0.25) is 0 Å². The summed E-state index contributed by atoms with van der Waals surface area (Å²) < 4.78 is 2.33. The van der Waals surface area contributed by atoms with Crippen molar-refractivity contribution in [3.8, 4) is 6.07 Å². The van der Waals surface area contributed by atoms with Gasteiger partial charge >= 0.3 is 0 Å². The minimum absolute atomic E-state index is 0.608. The topological polar surface area (TPSA) is 41.6 Å². The molecule has 4 heteroatoms. The van der Waals surface area contributed by atoms with Crippen LogP contribution in [0.4, 0.5) is 0 Å². The average molecular weight is 343 g/mol. The molecule has 0 bridgehead atoms. The minimum atomic E-state index is 0.608. The highest BCUT2D eigenvalue weighted by molar-refractivity contribution is 7.11. The molecule has 0 saturated carbocycles. The summed E-state index contributed by atoms with van der Waals surface area (Å²) in [6.07, 6.45) is 1.93. The molecule has 0 atom stereocenters. The lowest BCUT2D eigenvalue weighted by Crippen LogP contribution is -1.92. The molecule has 2 heterocycles. The van der Waals surface area contributed by atoms with E-state index in [2.05, 4.69) is 65.0 Å². The lowest BCUT2D eigenvalue weighted by Gasteiger charge is -2.03. The van der Waals surface area contributed by atoms with Gasteiger partial charge in [0.1, 0.15) is 11.1 Å². The zero-order valence-electron chi connectivity index (χ0n) is 14.2. The van der Waals surface area contributed by atoms with Gasteiger partial charge in [-0.2, -0.15) is 5.26 Å². The van der Waals surface area contributed by atoms with Crippen molar-refractivity contribution in [2.45, 2.75) is 20.4 Å². The van der Waals surface area contributed by atoms with Crippen LogP contribution in [0.1, 0.15) is 23.2 Å². The third-order valence-corrected chi connectivity index (χ3v) is 5.39. The first-order valence-electron chi connectivity index (χ1n) is 8.26. The number of fused-ring (bicyclic) bond motifs is 3. The van der Waals surface area contributed by atoms with Gasteiger partial charge in [0.25, 0.3) is 0 Å². The third-order valence-electron chi connectivity index (χ3n) is 4.39. The molecule has 0 unspecified atom stereocenters. The van der Waals surface area contributed by atoms with Crippen LogP contribution in [0.25, 0.3) is 33.5 Å². The molecule has 0 radical (unpaired) electrons. The number of hydrogen-bond acceptors (Lipinski definition) is 3. The Morgan fingerprint density at radius 3 is 2.72 bits per heavy atom. The summed E-state index contributed by atoms with van der Waals surface area (Å²) >= 11 is 1.51. The fraction of sp³-hybridized carbons (Fsp3) is 0.143. The van der Waals surface area contributed by atoms with Crippen LogP contribution in [-0.4, -0.2) is 9.55 Å². The summed E-state index contributed by atoms with van der Waals surface area (Å²) in [6.45, 7) is 5.04. The highest BCUT2D eigenvalue weighted by atomic mass is 32.1. The van der Waals surface area contributed by atoms with E-state index in [0.717, 1.165) is 22.8 Å². The van der Waals surface area contributed by atoms with Gasteiger partial charge in [0.2, 0.25) is 0 Å². The molecular weight excluding hydrogens is 326 g/mol. The summed E-state index contributed by atoms with van der Waals surface area (Å²) in [5, 5.41) is 14.7. The Kier molecular flexibility index (Phi) is 3.87. The fourth-order valence-electron chi connectivity index (χ4n) is 3.29. The summed E-state index contributed by atoms with van der Waals surface area (Å²) in [6, 6.07) is 17.1. The van der Waals surface area contributed by atoms with Gasteiger partial charge in [0.15, 0.2) is 0 Å². The van der Waals surface area contributed by atoms with Crippen LogP contribution >= 0.6 is 11.3 Å². The summed E-state index contributed by atoms with van der Waals surface area (Å²) in [4.78, 5) is 4.43. The number of nitriles is 1. The molecular formula is C21H17N3S. The van der Waals surface area contributed by atoms with Gasteiger partial charge in [-0.05, 0) is 43.7 Å². The van der Waals surface area contributed by atoms with Gasteiger partial charge < -0.3 is 4.57 Å². The van der Waals surface area contributed by atoms with Crippen molar-refractivity contribution >= 4 is 44.8 Å². The van der Waals surface area contributed by atoms with Crippen LogP contribution in [0.3, 0.4) is 0 Å². The Bertz CT molecular complexity index is 1160. The van der Waals surface area contributed by atoms with E-state index in [1.54, 1.807) is 0 Å². The molecule has 2 aromatic carbocycles. The average Bonchev–Trinajstić information content (AvgIpc) is 3.20. The van der Waals surface area contributed by atoms with Crippen LogP contribution < -0.4 is 0 Å². The molecule has 0 spiro atoms. The standard InChI is InChI=1S/C21H17N3S/c1-3-24-19-7-5-4-6-17(19)18-11-15(8-9-20(18)24)10-16(12-22)21-23-14(2)13-25-21/h4-11,13H,3H2,1-2H3/b16-10-. The first kappa shape index (κ1) is 15.6. The second-order valence-corrected chi connectivity index (χ2v) is 6.86. The Labute approximate surface area is 150 Å². The maximum absolute atomic E-state index is 9.52. The lowest BCUT2D eigenvalue weighted by atomic mass is 10.1. The summed E-state index contributed by atoms with van der Waals surface area (Å²) in [5.74, 6) is 0. The van der Waals surface area contributed by atoms with E-state index < -0.39 is 0 Å². The maximum Gasteiger partial charge on any atom is 0.134 e. The van der Waals surface area contributed by atoms with E-state index in [0.29, 0.717) is 5.57 Å². The number of nitrogens with zero attached hydrogens (tertiary/aromatic N) is 3. The largest absolute Gasteiger partial charge is 0.341 e. The van der Waals surface area contributed by atoms with Gasteiger partial charge in [0.05, 0.1) is 5.57 Å². The molecule has 4 aromatic rings. The molecule has 25 heavy (non-hydrogen) atoms. The van der Waals surface area contributed by atoms with Crippen LogP contribution in [0.15, 0.2) is 47.8 Å². The van der Waals surface area contributed by atoms with Gasteiger partial charge in [-0.25, -0.2) is 4.98 Å².